The maximum atomic E-state index is 10.6. The van der Waals surface area contributed by atoms with Gasteiger partial charge in [0.05, 0.1) is 6.04 Å². The minimum absolute atomic E-state index is 0.160. The normalized spacial score (nSPS) is 11.2. The number of hydrogen-bond acceptors (Lipinski definition) is 2. The van der Waals surface area contributed by atoms with Crippen molar-refractivity contribution in [3.8, 4) is 0 Å². The van der Waals surface area contributed by atoms with Gasteiger partial charge < -0.3 is 5.73 Å². The molecule has 0 aliphatic rings. The summed E-state index contributed by atoms with van der Waals surface area (Å²) in [7, 11) is 0. The molecule has 1 rings (SSSR count). The van der Waals surface area contributed by atoms with E-state index in [1.54, 1.807) is 0 Å². The van der Waals surface area contributed by atoms with Crippen LogP contribution in [0.2, 0.25) is 5.02 Å². The van der Waals surface area contributed by atoms with Gasteiger partial charge in [-0.1, -0.05) is 43.6 Å². The Morgan fingerprint density at radius 2 is 1.87 bits per heavy atom. The van der Waals surface area contributed by atoms with Crippen molar-refractivity contribution in [2.75, 3.05) is 0 Å². The molecule has 0 fully saturated rings. The van der Waals surface area contributed by atoms with Gasteiger partial charge in [-0.15, -0.1) is 0 Å². The molecular formula is C12H18ClNO. The van der Waals surface area contributed by atoms with E-state index in [9.17, 15) is 4.79 Å². The van der Waals surface area contributed by atoms with Crippen LogP contribution in [0.3, 0.4) is 0 Å². The summed E-state index contributed by atoms with van der Waals surface area (Å²) in [5.41, 5.74) is 5.38. The summed E-state index contributed by atoms with van der Waals surface area (Å²) < 4.78 is 0. The first-order chi connectivity index (χ1) is 7.11. The molecule has 0 bridgehead atoms. The number of carbonyl (C=O) groups excluding carboxylic acids is 1. The first-order valence-corrected chi connectivity index (χ1v) is 5.48. The second kappa shape index (κ2) is 8.45. The molecule has 15 heavy (non-hydrogen) atoms. The maximum absolute atomic E-state index is 10.6. The fraction of sp³-hybridized carbons (Fsp3) is 0.417. The number of nitrogens with two attached hydrogens (primary N) is 1. The lowest BCUT2D eigenvalue weighted by atomic mass is 10.1. The molecule has 0 spiro atoms. The fourth-order valence-corrected chi connectivity index (χ4v) is 1.05. The number of rotatable bonds is 3. The van der Waals surface area contributed by atoms with Crippen LogP contribution in [0, 0.1) is 0 Å². The Bertz CT molecular complexity index is 274. The third-order valence-corrected chi connectivity index (χ3v) is 2.19. The van der Waals surface area contributed by atoms with E-state index in [1.165, 1.54) is 0 Å². The summed E-state index contributed by atoms with van der Waals surface area (Å²) in [6, 6.07) is 9.22. The van der Waals surface area contributed by atoms with Crippen molar-refractivity contribution in [2.24, 2.45) is 5.73 Å². The Kier molecular flexibility index (Phi) is 7.96. The molecule has 1 aromatic rings. The van der Waals surface area contributed by atoms with Crippen molar-refractivity contribution in [1.29, 1.82) is 0 Å². The Balaban J connectivity index is 0.000000262. The third kappa shape index (κ3) is 7.11. The molecule has 3 heteroatoms. The van der Waals surface area contributed by atoms with Gasteiger partial charge >= 0.3 is 0 Å². The molecule has 2 nitrogen and oxygen atoms in total. The van der Waals surface area contributed by atoms with Crippen LogP contribution in [0.5, 0.6) is 0 Å². The topological polar surface area (TPSA) is 43.1 Å². The molecule has 84 valence electrons. The van der Waals surface area contributed by atoms with E-state index >= 15 is 0 Å². The summed E-state index contributed by atoms with van der Waals surface area (Å²) in [6.07, 6.45) is 1.32. The van der Waals surface area contributed by atoms with Crippen molar-refractivity contribution in [3.63, 3.8) is 0 Å². The summed E-state index contributed by atoms with van der Waals surface area (Å²) in [4.78, 5) is 10.6. The average molecular weight is 228 g/mol. The Morgan fingerprint density at radius 1 is 1.33 bits per heavy atom. The molecule has 0 aliphatic heterocycles. The summed E-state index contributed by atoms with van der Waals surface area (Å²) in [6.45, 7) is 3.75. The molecule has 1 unspecified atom stereocenters. The van der Waals surface area contributed by atoms with Gasteiger partial charge in [0.15, 0.2) is 0 Å². The molecule has 0 aromatic heterocycles. The summed E-state index contributed by atoms with van der Waals surface area (Å²) in [5, 5.41) is 0.794. The third-order valence-electron chi connectivity index (χ3n) is 1.93. The van der Waals surface area contributed by atoms with Crippen LogP contribution < -0.4 is 5.73 Å². The summed E-state index contributed by atoms with van der Waals surface area (Å²) in [5.74, 6) is 0.160. The van der Waals surface area contributed by atoms with Crippen LogP contribution in [-0.4, -0.2) is 11.8 Å². The number of Topliss-reactive ketones (excluding diaryl/α,β-unsaturated/α-hetero) is 1. The van der Waals surface area contributed by atoms with Gasteiger partial charge in [-0.05, 0) is 18.6 Å². The molecule has 0 saturated carbocycles. The molecule has 0 heterocycles. The minimum Gasteiger partial charge on any atom is -0.322 e. The monoisotopic (exact) mass is 227 g/mol. The number of halogens is 1. The van der Waals surface area contributed by atoms with E-state index in [1.807, 2.05) is 44.2 Å². The highest BCUT2D eigenvalue weighted by atomic mass is 35.5. The SMILES string of the molecule is CCC(=O)C(N)CC.Clc1ccccc1. The number of hydrogen-bond donors (Lipinski definition) is 1. The van der Waals surface area contributed by atoms with E-state index in [0.717, 1.165) is 11.4 Å². The van der Waals surface area contributed by atoms with Gasteiger partial charge in [-0.25, -0.2) is 0 Å². The lowest BCUT2D eigenvalue weighted by Gasteiger charge is -2.02. The number of carbonyl (C=O) groups is 1. The van der Waals surface area contributed by atoms with Crippen molar-refractivity contribution >= 4 is 17.4 Å². The van der Waals surface area contributed by atoms with Crippen molar-refractivity contribution < 1.29 is 4.79 Å². The maximum Gasteiger partial charge on any atom is 0.149 e. The standard InChI is InChI=1S/C6H5Cl.C6H13NO/c7-6-4-2-1-3-5-6;1-3-5(7)6(8)4-2/h1-5H;5H,3-4,7H2,1-2H3. The van der Waals surface area contributed by atoms with E-state index in [2.05, 4.69) is 0 Å². The molecule has 2 N–H and O–H groups in total. The smallest absolute Gasteiger partial charge is 0.149 e. The van der Waals surface area contributed by atoms with Crippen molar-refractivity contribution in [3.05, 3.63) is 35.4 Å². The molecule has 0 radical (unpaired) electrons. The minimum atomic E-state index is -0.222. The van der Waals surface area contributed by atoms with Crippen LogP contribution in [0.1, 0.15) is 26.7 Å². The number of benzene rings is 1. The molecule has 0 aliphatic carbocycles. The first kappa shape index (κ1) is 14.1. The zero-order chi connectivity index (χ0) is 11.7. The van der Waals surface area contributed by atoms with Gasteiger partial charge in [-0.3, -0.25) is 4.79 Å². The predicted octanol–water partition coefficient (Wildman–Crippen LogP) is 3.04. The quantitative estimate of drug-likeness (QED) is 0.863. The largest absolute Gasteiger partial charge is 0.322 e. The summed E-state index contributed by atoms with van der Waals surface area (Å²) >= 11 is 5.54. The Hall–Kier alpha value is -0.860. The molecule has 0 amide bonds. The van der Waals surface area contributed by atoms with E-state index in [4.69, 9.17) is 17.3 Å². The van der Waals surface area contributed by atoms with Crippen LogP contribution in [0.15, 0.2) is 30.3 Å². The van der Waals surface area contributed by atoms with Crippen molar-refractivity contribution in [2.45, 2.75) is 32.7 Å². The van der Waals surface area contributed by atoms with Crippen LogP contribution in [0.4, 0.5) is 0 Å². The van der Waals surface area contributed by atoms with Gasteiger partial charge in [0, 0.05) is 11.4 Å². The highest BCUT2D eigenvalue weighted by Crippen LogP contribution is 2.03. The lowest BCUT2D eigenvalue weighted by molar-refractivity contribution is -0.120. The highest BCUT2D eigenvalue weighted by molar-refractivity contribution is 6.30. The zero-order valence-electron chi connectivity index (χ0n) is 9.24. The van der Waals surface area contributed by atoms with E-state index in [-0.39, 0.29) is 11.8 Å². The van der Waals surface area contributed by atoms with Gasteiger partial charge in [0.1, 0.15) is 5.78 Å². The second-order valence-electron chi connectivity index (χ2n) is 3.13. The molecule has 1 aromatic carbocycles. The van der Waals surface area contributed by atoms with E-state index in [0.29, 0.717) is 6.42 Å². The lowest BCUT2D eigenvalue weighted by Crippen LogP contribution is -2.28. The van der Waals surface area contributed by atoms with Gasteiger partial charge in [0.25, 0.3) is 0 Å². The second-order valence-corrected chi connectivity index (χ2v) is 3.57. The zero-order valence-corrected chi connectivity index (χ0v) is 10.00. The highest BCUT2D eigenvalue weighted by Gasteiger charge is 2.06. The number of ketones is 1. The Morgan fingerprint density at radius 3 is 2.07 bits per heavy atom. The molecule has 1 atom stereocenters. The van der Waals surface area contributed by atoms with E-state index < -0.39 is 0 Å². The fourth-order valence-electron chi connectivity index (χ4n) is 0.905. The van der Waals surface area contributed by atoms with Crippen LogP contribution in [0.25, 0.3) is 0 Å². The van der Waals surface area contributed by atoms with Crippen molar-refractivity contribution in [1.82, 2.24) is 0 Å². The Labute approximate surface area is 96.4 Å². The van der Waals surface area contributed by atoms with Gasteiger partial charge in [-0.2, -0.15) is 0 Å². The average Bonchev–Trinajstić information content (AvgIpc) is 2.29. The first-order valence-electron chi connectivity index (χ1n) is 5.10. The van der Waals surface area contributed by atoms with Crippen LogP contribution in [-0.2, 0) is 4.79 Å². The van der Waals surface area contributed by atoms with Crippen LogP contribution >= 0.6 is 11.6 Å². The molecular weight excluding hydrogens is 210 g/mol. The molecule has 0 saturated heterocycles. The predicted molar refractivity (Wildman–Crippen MR) is 65.0 cm³/mol. The van der Waals surface area contributed by atoms with Gasteiger partial charge in [0.2, 0.25) is 0 Å².